The van der Waals surface area contributed by atoms with Gasteiger partial charge < -0.3 is 14.6 Å². The lowest BCUT2D eigenvalue weighted by Crippen LogP contribution is -2.47. The number of fused-ring (bicyclic) bond motifs is 1. The molecule has 2 heterocycles. The second-order valence-electron chi connectivity index (χ2n) is 9.11. The number of furan rings is 1. The number of aromatic nitrogens is 3. The highest BCUT2D eigenvalue weighted by Gasteiger charge is 2.35. The first-order valence-electron chi connectivity index (χ1n) is 12.2. The molecule has 1 saturated carbocycles. The average molecular weight is 506 g/mol. The molecule has 1 aliphatic rings. The Hall–Kier alpha value is -3.65. The van der Waals surface area contributed by atoms with E-state index in [2.05, 4.69) is 15.6 Å². The number of hydrogen-bond donors (Lipinski definition) is 1. The Bertz CT molecular complexity index is 1330. The van der Waals surface area contributed by atoms with E-state index in [1.165, 1.54) is 17.6 Å². The van der Waals surface area contributed by atoms with Gasteiger partial charge in [0, 0.05) is 17.6 Å². The molecule has 0 radical (unpaired) electrons. The number of halogens is 1. The molecule has 36 heavy (non-hydrogen) atoms. The minimum absolute atomic E-state index is 0.0836. The van der Waals surface area contributed by atoms with E-state index in [4.69, 9.17) is 16.0 Å². The molecule has 2 aromatic heterocycles. The molecule has 1 atom stereocenters. The van der Waals surface area contributed by atoms with E-state index in [0.29, 0.717) is 16.3 Å². The van der Waals surface area contributed by atoms with Crippen molar-refractivity contribution in [1.29, 1.82) is 0 Å². The van der Waals surface area contributed by atoms with Crippen LogP contribution in [0.5, 0.6) is 0 Å². The highest BCUT2D eigenvalue weighted by Crippen LogP contribution is 2.28. The summed E-state index contributed by atoms with van der Waals surface area (Å²) >= 11 is 6.47. The van der Waals surface area contributed by atoms with Gasteiger partial charge in [-0.25, -0.2) is 4.68 Å². The van der Waals surface area contributed by atoms with Crippen molar-refractivity contribution in [2.45, 2.75) is 57.3 Å². The highest BCUT2D eigenvalue weighted by atomic mass is 35.5. The summed E-state index contributed by atoms with van der Waals surface area (Å²) in [5.41, 5.74) is 2.17. The van der Waals surface area contributed by atoms with Crippen molar-refractivity contribution in [2.24, 2.45) is 0 Å². The fraction of sp³-hybridized carbons (Fsp3) is 0.333. The molecular weight excluding hydrogens is 478 g/mol. The number of para-hydroxylation sites is 1. The zero-order valence-electron chi connectivity index (χ0n) is 19.8. The summed E-state index contributed by atoms with van der Waals surface area (Å²) in [6, 6.07) is 17.3. The SMILES string of the molecule is O=C(NC1CCCCC1)[C@@H](c1ccco1)N(Cc1ccccc1Cl)C(=O)Cn1nnc2ccccc21. The van der Waals surface area contributed by atoms with E-state index in [9.17, 15) is 9.59 Å². The zero-order chi connectivity index (χ0) is 24.9. The number of carbonyl (C=O) groups is 2. The molecule has 9 heteroatoms. The van der Waals surface area contributed by atoms with Crippen molar-refractivity contribution < 1.29 is 14.0 Å². The Morgan fingerprint density at radius 2 is 1.83 bits per heavy atom. The van der Waals surface area contributed by atoms with Crippen LogP contribution in [0.2, 0.25) is 5.02 Å². The van der Waals surface area contributed by atoms with Gasteiger partial charge in [-0.2, -0.15) is 0 Å². The van der Waals surface area contributed by atoms with Crippen LogP contribution in [-0.2, 0) is 22.7 Å². The Morgan fingerprint density at radius 1 is 1.06 bits per heavy atom. The Kier molecular flexibility index (Phi) is 7.32. The van der Waals surface area contributed by atoms with Gasteiger partial charge in [-0.1, -0.05) is 66.4 Å². The molecule has 186 valence electrons. The van der Waals surface area contributed by atoms with Crippen LogP contribution in [0.25, 0.3) is 11.0 Å². The number of carbonyl (C=O) groups excluding carboxylic acids is 2. The maximum atomic E-state index is 13.9. The molecule has 0 aliphatic heterocycles. The van der Waals surface area contributed by atoms with Gasteiger partial charge in [0.25, 0.3) is 5.91 Å². The van der Waals surface area contributed by atoms with Gasteiger partial charge in [0.1, 0.15) is 17.8 Å². The van der Waals surface area contributed by atoms with Crippen molar-refractivity contribution in [2.75, 3.05) is 0 Å². The fourth-order valence-corrected chi connectivity index (χ4v) is 4.98. The lowest BCUT2D eigenvalue weighted by molar-refractivity contribution is -0.143. The van der Waals surface area contributed by atoms with Crippen LogP contribution in [0.15, 0.2) is 71.3 Å². The molecule has 4 aromatic rings. The van der Waals surface area contributed by atoms with Crippen LogP contribution in [0, 0.1) is 0 Å². The van der Waals surface area contributed by atoms with Crippen LogP contribution in [-0.4, -0.2) is 37.7 Å². The van der Waals surface area contributed by atoms with Crippen molar-refractivity contribution in [3.63, 3.8) is 0 Å². The smallest absolute Gasteiger partial charge is 0.250 e. The molecule has 0 spiro atoms. The van der Waals surface area contributed by atoms with E-state index < -0.39 is 6.04 Å². The number of benzene rings is 2. The summed E-state index contributed by atoms with van der Waals surface area (Å²) in [5, 5.41) is 12.0. The molecule has 1 fully saturated rings. The van der Waals surface area contributed by atoms with Gasteiger partial charge >= 0.3 is 0 Å². The van der Waals surface area contributed by atoms with E-state index in [1.54, 1.807) is 22.9 Å². The van der Waals surface area contributed by atoms with Gasteiger partial charge in [-0.3, -0.25) is 9.59 Å². The zero-order valence-corrected chi connectivity index (χ0v) is 20.6. The maximum absolute atomic E-state index is 13.9. The first kappa shape index (κ1) is 24.1. The lowest BCUT2D eigenvalue weighted by atomic mass is 9.95. The second kappa shape index (κ2) is 11.0. The Labute approximate surface area is 214 Å². The number of rotatable bonds is 8. The van der Waals surface area contributed by atoms with E-state index >= 15 is 0 Å². The van der Waals surface area contributed by atoms with E-state index in [1.807, 2.05) is 42.5 Å². The third-order valence-corrected chi connectivity index (χ3v) is 7.02. The number of amides is 2. The highest BCUT2D eigenvalue weighted by molar-refractivity contribution is 6.31. The van der Waals surface area contributed by atoms with Crippen LogP contribution < -0.4 is 5.32 Å². The molecule has 0 unspecified atom stereocenters. The van der Waals surface area contributed by atoms with Crippen molar-refractivity contribution in [1.82, 2.24) is 25.2 Å². The number of nitrogens with one attached hydrogen (secondary N) is 1. The lowest BCUT2D eigenvalue weighted by Gasteiger charge is -2.32. The molecule has 2 amide bonds. The van der Waals surface area contributed by atoms with Crippen LogP contribution in [0.4, 0.5) is 0 Å². The number of hydrogen-bond acceptors (Lipinski definition) is 5. The predicted octanol–water partition coefficient (Wildman–Crippen LogP) is 4.90. The normalized spacial score (nSPS) is 15.0. The fourth-order valence-electron chi connectivity index (χ4n) is 4.78. The van der Waals surface area contributed by atoms with Crippen molar-refractivity contribution >= 4 is 34.4 Å². The minimum atomic E-state index is -0.958. The van der Waals surface area contributed by atoms with Gasteiger partial charge in [0.2, 0.25) is 5.91 Å². The summed E-state index contributed by atoms with van der Waals surface area (Å²) in [6.45, 7) is 0.0491. The molecule has 2 aromatic carbocycles. The molecule has 5 rings (SSSR count). The standard InChI is InChI=1S/C27H28ClN5O3/c28-21-12-5-4-9-19(21)17-32(25(34)18-33-23-14-7-6-13-22(23)30-31-33)26(24-15-8-16-36-24)27(35)29-20-10-2-1-3-11-20/h4-9,12-16,20,26H,1-3,10-11,17-18H2,(H,29,35)/t26-/m1/s1. The Morgan fingerprint density at radius 3 is 2.61 bits per heavy atom. The number of nitrogens with zero attached hydrogens (tertiary/aromatic N) is 4. The Balaban J connectivity index is 1.49. The van der Waals surface area contributed by atoms with Crippen LogP contribution in [0.3, 0.4) is 0 Å². The molecule has 0 bridgehead atoms. The third-order valence-electron chi connectivity index (χ3n) is 6.65. The van der Waals surface area contributed by atoms with Gasteiger partial charge in [-0.05, 0) is 48.7 Å². The topological polar surface area (TPSA) is 93.3 Å². The quantitative estimate of drug-likeness (QED) is 0.368. The maximum Gasteiger partial charge on any atom is 0.250 e. The first-order valence-corrected chi connectivity index (χ1v) is 12.6. The molecule has 1 aliphatic carbocycles. The third kappa shape index (κ3) is 5.28. The first-order chi connectivity index (χ1) is 17.6. The van der Waals surface area contributed by atoms with E-state index in [-0.39, 0.29) is 30.9 Å². The van der Waals surface area contributed by atoms with E-state index in [0.717, 1.165) is 36.8 Å². The monoisotopic (exact) mass is 505 g/mol. The molecule has 8 nitrogen and oxygen atoms in total. The average Bonchev–Trinajstić information content (AvgIpc) is 3.56. The molecular formula is C27H28ClN5O3. The van der Waals surface area contributed by atoms with Crippen molar-refractivity contribution in [3.8, 4) is 0 Å². The van der Waals surface area contributed by atoms with Gasteiger partial charge in [0.05, 0.1) is 11.8 Å². The van der Waals surface area contributed by atoms with Gasteiger partial charge in [-0.15, -0.1) is 5.10 Å². The summed E-state index contributed by atoms with van der Waals surface area (Å²) < 4.78 is 7.24. The molecule has 0 saturated heterocycles. The summed E-state index contributed by atoms with van der Waals surface area (Å²) in [5.74, 6) is -0.168. The van der Waals surface area contributed by atoms with Crippen molar-refractivity contribution in [3.05, 3.63) is 83.3 Å². The minimum Gasteiger partial charge on any atom is -0.467 e. The van der Waals surface area contributed by atoms with Crippen LogP contribution >= 0.6 is 11.6 Å². The largest absolute Gasteiger partial charge is 0.467 e. The van der Waals surface area contributed by atoms with Crippen LogP contribution in [0.1, 0.15) is 49.5 Å². The molecule has 1 N–H and O–H groups in total. The van der Waals surface area contributed by atoms with Gasteiger partial charge in [0.15, 0.2) is 6.04 Å². The predicted molar refractivity (Wildman–Crippen MR) is 136 cm³/mol. The summed E-state index contributed by atoms with van der Waals surface area (Å²) in [7, 11) is 0. The second-order valence-corrected chi connectivity index (χ2v) is 9.52. The summed E-state index contributed by atoms with van der Waals surface area (Å²) in [4.78, 5) is 29.1. The summed E-state index contributed by atoms with van der Waals surface area (Å²) in [6.07, 6.45) is 6.71.